The van der Waals surface area contributed by atoms with Gasteiger partial charge in [-0.05, 0) is 12.1 Å². The maximum atomic E-state index is 12.5. The van der Waals surface area contributed by atoms with E-state index in [0.29, 0.717) is 22.2 Å². The highest BCUT2D eigenvalue weighted by Crippen LogP contribution is 2.30. The number of aromatic nitrogens is 2. The predicted octanol–water partition coefficient (Wildman–Crippen LogP) is 4.05. The van der Waals surface area contributed by atoms with Crippen molar-refractivity contribution >= 4 is 38.6 Å². The molecule has 1 aromatic heterocycles. The van der Waals surface area contributed by atoms with E-state index >= 15 is 0 Å². The van der Waals surface area contributed by atoms with Crippen LogP contribution in [0.2, 0.25) is 5.02 Å². The molecule has 0 fully saturated rings. The Kier molecular flexibility index (Phi) is 2.93. The fourth-order valence-electron chi connectivity index (χ4n) is 1.33. The van der Waals surface area contributed by atoms with Crippen LogP contribution in [0.5, 0.6) is 0 Å². The molecule has 0 aliphatic carbocycles. The number of H-pyrrole nitrogens is 1. The highest BCUT2D eigenvalue weighted by atomic mass is 79.9. The second-order valence-corrected chi connectivity index (χ2v) is 3.98. The van der Waals surface area contributed by atoms with Crippen LogP contribution in [0, 0.1) is 0 Å². The Morgan fingerprint density at radius 3 is 2.80 bits per heavy atom. The molecule has 0 saturated heterocycles. The Morgan fingerprint density at radius 2 is 2.20 bits per heavy atom. The number of halogens is 4. The molecule has 1 heterocycles. The molecule has 0 bridgehead atoms. The quantitative estimate of drug-likeness (QED) is 0.832. The summed E-state index contributed by atoms with van der Waals surface area (Å²) in [5, 5.41) is 0.591. The average molecular weight is 296 g/mol. The highest BCUT2D eigenvalue weighted by Gasteiger charge is 2.14. The van der Waals surface area contributed by atoms with E-state index in [1.165, 1.54) is 12.1 Å². The van der Waals surface area contributed by atoms with Gasteiger partial charge in [0.1, 0.15) is 5.82 Å². The fourth-order valence-corrected chi connectivity index (χ4v) is 1.84. The minimum absolute atomic E-state index is 0.0464. The first-order valence-electron chi connectivity index (χ1n) is 4.14. The second-order valence-electron chi connectivity index (χ2n) is 3.01. The molecule has 0 saturated carbocycles. The van der Waals surface area contributed by atoms with Crippen LogP contribution in [-0.4, -0.2) is 9.97 Å². The average Bonchev–Trinajstić information content (AvgIpc) is 2.58. The number of rotatable bonds is 2. The van der Waals surface area contributed by atoms with Crippen LogP contribution >= 0.6 is 27.5 Å². The third-order valence-corrected chi connectivity index (χ3v) is 2.87. The number of fused-ring (bicyclic) bond motifs is 1. The Hall–Kier alpha value is -0.680. The lowest BCUT2D eigenvalue weighted by Gasteiger charge is -2.01. The summed E-state index contributed by atoms with van der Waals surface area (Å²) in [6.45, 7) is 0. The monoisotopic (exact) mass is 294 g/mol. The lowest BCUT2D eigenvalue weighted by molar-refractivity contribution is 0.151. The number of alkyl halides is 3. The molecule has 0 unspecified atom stereocenters. The number of hydrogen-bond acceptors (Lipinski definition) is 1. The summed E-state index contributed by atoms with van der Waals surface area (Å²) in [6, 6.07) is 2.78. The molecule has 1 N–H and O–H groups in total. The van der Waals surface area contributed by atoms with Crippen LogP contribution in [0.3, 0.4) is 0 Å². The molecule has 0 aliphatic heterocycles. The van der Waals surface area contributed by atoms with Gasteiger partial charge in [-0.3, -0.25) is 0 Å². The summed E-state index contributed by atoms with van der Waals surface area (Å²) >= 11 is 8.93. The van der Waals surface area contributed by atoms with E-state index in [0.717, 1.165) is 0 Å². The number of hydrogen-bond donors (Lipinski definition) is 1. The molecule has 2 nitrogen and oxygen atoms in total. The van der Waals surface area contributed by atoms with Crippen molar-refractivity contribution in [3.63, 3.8) is 0 Å². The van der Waals surface area contributed by atoms with Crippen molar-refractivity contribution in [2.45, 2.75) is 11.8 Å². The second kappa shape index (κ2) is 4.06. The van der Waals surface area contributed by atoms with E-state index in [1.807, 2.05) is 0 Å². The van der Waals surface area contributed by atoms with E-state index in [-0.39, 0.29) is 10.6 Å². The molecule has 0 amide bonds. The summed E-state index contributed by atoms with van der Waals surface area (Å²) in [7, 11) is 0. The molecular formula is C9H6BrClF2N2. The Morgan fingerprint density at radius 1 is 1.47 bits per heavy atom. The zero-order valence-electron chi connectivity index (χ0n) is 7.40. The molecule has 0 radical (unpaired) electrons. The minimum Gasteiger partial charge on any atom is -0.341 e. The van der Waals surface area contributed by atoms with Crippen molar-refractivity contribution in [1.29, 1.82) is 0 Å². The van der Waals surface area contributed by atoms with Crippen LogP contribution in [0.4, 0.5) is 8.78 Å². The number of benzene rings is 1. The fraction of sp³-hybridized carbons (Fsp3) is 0.222. The molecule has 2 rings (SSSR count). The van der Waals surface area contributed by atoms with Crippen LogP contribution < -0.4 is 0 Å². The maximum absolute atomic E-state index is 12.5. The molecule has 2 aromatic rings. The highest BCUT2D eigenvalue weighted by molar-refractivity contribution is 9.08. The van der Waals surface area contributed by atoms with Gasteiger partial charge in [0.05, 0.1) is 21.4 Å². The van der Waals surface area contributed by atoms with Crippen molar-refractivity contribution in [3.05, 3.63) is 28.5 Å². The molecule has 0 aliphatic rings. The summed E-state index contributed by atoms with van der Waals surface area (Å²) in [5.74, 6) is 0.687. The minimum atomic E-state index is -2.57. The van der Waals surface area contributed by atoms with Gasteiger partial charge in [-0.15, -0.1) is 0 Å². The maximum Gasteiger partial charge on any atom is 0.265 e. The summed E-state index contributed by atoms with van der Waals surface area (Å²) < 4.78 is 25.0. The molecular weight excluding hydrogens is 289 g/mol. The van der Waals surface area contributed by atoms with Crippen LogP contribution in [0.25, 0.3) is 11.0 Å². The van der Waals surface area contributed by atoms with Crippen molar-refractivity contribution in [2.24, 2.45) is 0 Å². The zero-order chi connectivity index (χ0) is 11.0. The predicted molar refractivity (Wildman–Crippen MR) is 58.7 cm³/mol. The van der Waals surface area contributed by atoms with Gasteiger partial charge < -0.3 is 4.98 Å². The topological polar surface area (TPSA) is 28.7 Å². The summed E-state index contributed by atoms with van der Waals surface area (Å²) in [6.07, 6.45) is -2.57. The van der Waals surface area contributed by atoms with Gasteiger partial charge in [0.25, 0.3) is 6.43 Å². The lowest BCUT2D eigenvalue weighted by atomic mass is 10.2. The molecule has 15 heavy (non-hydrogen) atoms. The van der Waals surface area contributed by atoms with Gasteiger partial charge in [-0.25, -0.2) is 13.8 Å². The third kappa shape index (κ3) is 1.99. The van der Waals surface area contributed by atoms with Gasteiger partial charge in [-0.2, -0.15) is 0 Å². The van der Waals surface area contributed by atoms with Gasteiger partial charge >= 0.3 is 0 Å². The molecule has 80 valence electrons. The first kappa shape index (κ1) is 10.8. The third-order valence-electron chi connectivity index (χ3n) is 2.01. The van der Waals surface area contributed by atoms with Gasteiger partial charge in [-0.1, -0.05) is 27.5 Å². The van der Waals surface area contributed by atoms with E-state index in [9.17, 15) is 8.78 Å². The number of nitrogens with zero attached hydrogens (tertiary/aromatic N) is 1. The van der Waals surface area contributed by atoms with Crippen molar-refractivity contribution in [2.75, 3.05) is 0 Å². The first-order chi connectivity index (χ1) is 7.11. The number of nitrogens with one attached hydrogen (secondary N) is 1. The summed E-state index contributed by atoms with van der Waals surface area (Å²) in [4.78, 5) is 7.08. The van der Waals surface area contributed by atoms with Gasteiger partial charge in [0.15, 0.2) is 0 Å². The van der Waals surface area contributed by atoms with E-state index in [1.54, 1.807) is 0 Å². The van der Waals surface area contributed by atoms with E-state index < -0.39 is 6.43 Å². The van der Waals surface area contributed by atoms with Crippen molar-refractivity contribution in [3.8, 4) is 0 Å². The smallest absolute Gasteiger partial charge is 0.265 e. The largest absolute Gasteiger partial charge is 0.341 e. The Balaban J connectivity index is 2.63. The molecule has 1 aromatic carbocycles. The Labute approximate surface area is 97.8 Å². The zero-order valence-corrected chi connectivity index (χ0v) is 9.74. The summed E-state index contributed by atoms with van der Waals surface area (Å²) in [5.41, 5.74) is 0.997. The van der Waals surface area contributed by atoms with Crippen molar-refractivity contribution in [1.82, 2.24) is 9.97 Å². The standard InChI is InChI=1S/C9H6BrClF2N2/c10-3-8-14-6-1-4(9(12)13)5(11)2-7(6)15-8/h1-2,9H,3H2,(H,14,15). The van der Waals surface area contributed by atoms with E-state index in [4.69, 9.17) is 11.6 Å². The van der Waals surface area contributed by atoms with Crippen LogP contribution in [0.15, 0.2) is 12.1 Å². The number of imidazole rings is 1. The van der Waals surface area contributed by atoms with Gasteiger partial charge in [0.2, 0.25) is 0 Å². The SMILES string of the molecule is FC(F)c1cc2[nH]c(CBr)nc2cc1Cl. The van der Waals surface area contributed by atoms with Gasteiger partial charge in [0, 0.05) is 5.56 Å². The first-order valence-corrected chi connectivity index (χ1v) is 5.64. The van der Waals surface area contributed by atoms with Crippen LogP contribution in [-0.2, 0) is 5.33 Å². The molecule has 0 atom stereocenters. The normalized spacial score (nSPS) is 11.5. The van der Waals surface area contributed by atoms with E-state index in [2.05, 4.69) is 25.9 Å². The Bertz CT molecular complexity index is 498. The molecule has 0 spiro atoms. The molecule has 6 heteroatoms. The lowest BCUT2D eigenvalue weighted by Crippen LogP contribution is -1.85. The van der Waals surface area contributed by atoms with Crippen LogP contribution in [0.1, 0.15) is 17.8 Å². The van der Waals surface area contributed by atoms with Crippen molar-refractivity contribution < 1.29 is 8.78 Å². The number of aromatic amines is 1.